The molecule has 0 amide bonds. The summed E-state index contributed by atoms with van der Waals surface area (Å²) < 4.78 is 26.5. The van der Waals surface area contributed by atoms with E-state index in [-0.39, 0.29) is 4.90 Å². The summed E-state index contributed by atoms with van der Waals surface area (Å²) in [5.74, 6) is 0. The summed E-state index contributed by atoms with van der Waals surface area (Å²) in [5.41, 5.74) is 1.70. The van der Waals surface area contributed by atoms with Gasteiger partial charge in [0.2, 0.25) is 10.0 Å². The first-order valence-corrected chi connectivity index (χ1v) is 6.88. The van der Waals surface area contributed by atoms with Crippen molar-refractivity contribution in [2.24, 2.45) is 0 Å². The maximum atomic E-state index is 12.0. The van der Waals surface area contributed by atoms with Gasteiger partial charge >= 0.3 is 0 Å². The topological polar surface area (TPSA) is 59.1 Å². The second-order valence-corrected chi connectivity index (χ2v) is 5.52. The lowest BCUT2D eigenvalue weighted by molar-refractivity contribution is 0.585. The number of pyridine rings is 1. The minimum atomic E-state index is -3.44. The van der Waals surface area contributed by atoms with Crippen LogP contribution >= 0.6 is 0 Å². The van der Waals surface area contributed by atoms with Gasteiger partial charge in [0.05, 0.1) is 10.4 Å². The molecule has 2 aromatic rings. The van der Waals surface area contributed by atoms with Gasteiger partial charge in [-0.2, -0.15) is 0 Å². The Morgan fingerprint density at radius 1 is 1.29 bits per heavy atom. The van der Waals surface area contributed by atoms with Crippen LogP contribution in [0.4, 0.5) is 0 Å². The van der Waals surface area contributed by atoms with Crippen LogP contribution in [0.3, 0.4) is 0 Å². The summed E-state index contributed by atoms with van der Waals surface area (Å²) in [4.78, 5) is 4.51. The number of sulfonamides is 1. The van der Waals surface area contributed by atoms with Crippen LogP contribution in [-0.4, -0.2) is 19.9 Å². The molecule has 0 bridgehead atoms. The fraction of sp³-hybridized carbons (Fsp3) is 0.250. The molecule has 0 radical (unpaired) electrons. The SMILES string of the molecule is CCNS(=O)(=O)c1ccc(C)c2ncccc12. The summed E-state index contributed by atoms with van der Waals surface area (Å²) in [6.45, 7) is 4.04. The molecule has 0 atom stereocenters. The predicted octanol–water partition coefficient (Wildman–Crippen LogP) is 1.84. The van der Waals surface area contributed by atoms with E-state index in [0.717, 1.165) is 11.1 Å². The Bertz CT molecular complexity index is 651. The fourth-order valence-electron chi connectivity index (χ4n) is 1.79. The van der Waals surface area contributed by atoms with Crippen LogP contribution in [0.1, 0.15) is 12.5 Å². The van der Waals surface area contributed by atoms with Crippen molar-refractivity contribution in [1.82, 2.24) is 9.71 Å². The van der Waals surface area contributed by atoms with Gasteiger partial charge in [0, 0.05) is 18.1 Å². The molecule has 5 heteroatoms. The molecular weight excluding hydrogens is 236 g/mol. The molecule has 0 unspecified atom stereocenters. The van der Waals surface area contributed by atoms with E-state index in [9.17, 15) is 8.42 Å². The van der Waals surface area contributed by atoms with Crippen LogP contribution in [-0.2, 0) is 10.0 Å². The highest BCUT2D eigenvalue weighted by Crippen LogP contribution is 2.23. The van der Waals surface area contributed by atoms with Gasteiger partial charge in [0.25, 0.3) is 0 Å². The number of benzene rings is 1. The third kappa shape index (κ3) is 2.16. The first kappa shape index (κ1) is 12.0. The third-order valence-electron chi connectivity index (χ3n) is 2.56. The minimum Gasteiger partial charge on any atom is -0.256 e. The van der Waals surface area contributed by atoms with Crippen LogP contribution in [0.15, 0.2) is 35.4 Å². The van der Waals surface area contributed by atoms with E-state index in [2.05, 4.69) is 9.71 Å². The van der Waals surface area contributed by atoms with E-state index in [1.54, 1.807) is 37.4 Å². The monoisotopic (exact) mass is 250 g/mol. The van der Waals surface area contributed by atoms with Crippen molar-refractivity contribution in [1.29, 1.82) is 0 Å². The average Bonchev–Trinajstić information content (AvgIpc) is 2.29. The molecular formula is C12H14N2O2S. The number of nitrogens with one attached hydrogen (secondary N) is 1. The smallest absolute Gasteiger partial charge is 0.241 e. The summed E-state index contributed by atoms with van der Waals surface area (Å²) >= 11 is 0. The third-order valence-corrected chi connectivity index (χ3v) is 4.16. The maximum Gasteiger partial charge on any atom is 0.241 e. The summed E-state index contributed by atoms with van der Waals surface area (Å²) in [7, 11) is -3.44. The Labute approximate surface area is 101 Å². The number of hydrogen-bond donors (Lipinski definition) is 1. The molecule has 90 valence electrons. The molecule has 0 spiro atoms. The lowest BCUT2D eigenvalue weighted by atomic mass is 10.1. The maximum absolute atomic E-state index is 12.0. The van der Waals surface area contributed by atoms with Gasteiger partial charge < -0.3 is 0 Å². The largest absolute Gasteiger partial charge is 0.256 e. The molecule has 1 heterocycles. The number of fused-ring (bicyclic) bond motifs is 1. The first-order chi connectivity index (χ1) is 8.06. The molecule has 4 nitrogen and oxygen atoms in total. The zero-order valence-electron chi connectivity index (χ0n) is 9.77. The Kier molecular flexibility index (Phi) is 3.13. The molecule has 0 aliphatic rings. The number of aromatic nitrogens is 1. The lowest BCUT2D eigenvalue weighted by Crippen LogP contribution is -2.23. The zero-order chi connectivity index (χ0) is 12.5. The Morgan fingerprint density at radius 3 is 2.76 bits per heavy atom. The summed E-state index contributed by atoms with van der Waals surface area (Å²) in [6, 6.07) is 6.92. The molecule has 0 aliphatic carbocycles. The Hall–Kier alpha value is -1.46. The van der Waals surface area contributed by atoms with Crippen LogP contribution in [0, 0.1) is 6.92 Å². The molecule has 1 N–H and O–H groups in total. The van der Waals surface area contributed by atoms with Crippen LogP contribution < -0.4 is 4.72 Å². The van der Waals surface area contributed by atoms with Crippen molar-refractivity contribution in [2.75, 3.05) is 6.54 Å². The number of rotatable bonds is 3. The average molecular weight is 250 g/mol. The van der Waals surface area contributed by atoms with Gasteiger partial charge in [-0.15, -0.1) is 0 Å². The summed E-state index contributed by atoms with van der Waals surface area (Å²) in [6.07, 6.45) is 1.67. The number of hydrogen-bond acceptors (Lipinski definition) is 3. The molecule has 1 aromatic carbocycles. The lowest BCUT2D eigenvalue weighted by Gasteiger charge is -2.09. The molecule has 0 aliphatic heterocycles. The van der Waals surface area contributed by atoms with E-state index < -0.39 is 10.0 Å². The van der Waals surface area contributed by atoms with Gasteiger partial charge in [-0.3, -0.25) is 4.98 Å². The second kappa shape index (κ2) is 4.43. The van der Waals surface area contributed by atoms with E-state index in [1.807, 2.05) is 6.92 Å². The van der Waals surface area contributed by atoms with E-state index in [4.69, 9.17) is 0 Å². The molecule has 17 heavy (non-hydrogen) atoms. The second-order valence-electron chi connectivity index (χ2n) is 3.78. The van der Waals surface area contributed by atoms with E-state index >= 15 is 0 Å². The van der Waals surface area contributed by atoms with Crippen molar-refractivity contribution in [3.05, 3.63) is 36.0 Å². The highest BCUT2D eigenvalue weighted by Gasteiger charge is 2.16. The quantitative estimate of drug-likeness (QED) is 0.904. The van der Waals surface area contributed by atoms with Crippen molar-refractivity contribution >= 4 is 20.9 Å². The van der Waals surface area contributed by atoms with Crippen molar-refractivity contribution in [2.45, 2.75) is 18.7 Å². The van der Waals surface area contributed by atoms with Gasteiger partial charge in [0.1, 0.15) is 0 Å². The fourth-order valence-corrected chi connectivity index (χ4v) is 3.03. The number of nitrogens with zero attached hydrogens (tertiary/aromatic N) is 1. The van der Waals surface area contributed by atoms with Crippen molar-refractivity contribution < 1.29 is 8.42 Å². The van der Waals surface area contributed by atoms with Gasteiger partial charge in [-0.1, -0.05) is 13.0 Å². The van der Waals surface area contributed by atoms with E-state index in [0.29, 0.717) is 11.9 Å². The molecule has 1 aromatic heterocycles. The van der Waals surface area contributed by atoms with Crippen LogP contribution in [0.25, 0.3) is 10.9 Å². The predicted molar refractivity (Wildman–Crippen MR) is 67.3 cm³/mol. The normalized spacial score (nSPS) is 11.9. The zero-order valence-corrected chi connectivity index (χ0v) is 10.6. The van der Waals surface area contributed by atoms with Crippen LogP contribution in [0.2, 0.25) is 0 Å². The standard InChI is InChI=1S/C12H14N2O2S/c1-3-14-17(15,16)11-7-6-9(2)12-10(11)5-4-8-13-12/h4-8,14H,3H2,1-2H3. The Balaban J connectivity index is 2.76. The van der Waals surface area contributed by atoms with Crippen molar-refractivity contribution in [3.63, 3.8) is 0 Å². The van der Waals surface area contributed by atoms with E-state index in [1.165, 1.54) is 0 Å². The first-order valence-electron chi connectivity index (χ1n) is 5.40. The minimum absolute atomic E-state index is 0.285. The van der Waals surface area contributed by atoms with Gasteiger partial charge in [-0.05, 0) is 30.7 Å². The van der Waals surface area contributed by atoms with Crippen LogP contribution in [0.5, 0.6) is 0 Å². The number of aryl methyl sites for hydroxylation is 1. The molecule has 2 rings (SSSR count). The Morgan fingerprint density at radius 2 is 2.06 bits per heavy atom. The van der Waals surface area contributed by atoms with Crippen molar-refractivity contribution in [3.8, 4) is 0 Å². The highest BCUT2D eigenvalue weighted by atomic mass is 32.2. The molecule has 0 saturated heterocycles. The summed E-state index contributed by atoms with van der Waals surface area (Å²) in [5, 5.41) is 0.661. The highest BCUT2D eigenvalue weighted by molar-refractivity contribution is 7.89. The molecule has 0 saturated carbocycles. The van der Waals surface area contributed by atoms with Gasteiger partial charge in [-0.25, -0.2) is 13.1 Å². The molecule has 0 fully saturated rings. The van der Waals surface area contributed by atoms with Gasteiger partial charge in [0.15, 0.2) is 0 Å².